The number of halogens is 1. The van der Waals surface area contributed by atoms with Crippen LogP contribution in [0.25, 0.3) is 10.4 Å². The second-order valence-electron chi connectivity index (χ2n) is 3.38. The lowest BCUT2D eigenvalue weighted by atomic mass is 10.0. The smallest absolute Gasteiger partial charge is 0.307 e. The second kappa shape index (κ2) is 7.23. The van der Waals surface area contributed by atoms with Gasteiger partial charge in [0, 0.05) is 28.5 Å². The fourth-order valence-electron chi connectivity index (χ4n) is 1.30. The summed E-state index contributed by atoms with van der Waals surface area (Å²) < 4.78 is 0. The third-order valence-corrected chi connectivity index (χ3v) is 2.27. The molecule has 1 aromatic rings. The van der Waals surface area contributed by atoms with E-state index in [0.717, 1.165) is 0 Å². The van der Waals surface area contributed by atoms with Crippen LogP contribution in [0, 0.1) is 11.8 Å². The molecule has 0 radical (unpaired) electrons. The first-order chi connectivity index (χ1) is 8.63. The molecule has 0 saturated heterocycles. The minimum absolute atomic E-state index is 0.124. The Hall–Kier alpha value is -2.15. The molecule has 0 amide bonds. The van der Waals surface area contributed by atoms with Gasteiger partial charge in [-0.1, -0.05) is 28.6 Å². The van der Waals surface area contributed by atoms with Gasteiger partial charge in [0.1, 0.15) is 0 Å². The average molecular weight is 264 g/mol. The topological polar surface area (TPSA) is 86.1 Å². The Labute approximate surface area is 109 Å². The molecule has 0 aromatic heterocycles. The highest BCUT2D eigenvalue weighted by Gasteiger charge is 2.05. The maximum Gasteiger partial charge on any atom is 0.307 e. The first kappa shape index (κ1) is 13.9. The number of benzene rings is 1. The van der Waals surface area contributed by atoms with Gasteiger partial charge in [-0.3, -0.25) is 4.79 Å². The zero-order chi connectivity index (χ0) is 13.4. The lowest BCUT2D eigenvalue weighted by molar-refractivity contribution is -0.136. The minimum Gasteiger partial charge on any atom is -0.481 e. The molecule has 0 bridgehead atoms. The number of carboxylic acids is 1. The maximum atomic E-state index is 10.7. The summed E-state index contributed by atoms with van der Waals surface area (Å²) in [4.78, 5) is 13.3. The normalized spacial score (nSPS) is 8.94. The first-order valence-corrected chi connectivity index (χ1v) is 5.51. The predicted octanol–water partition coefficient (Wildman–Crippen LogP) is 3.02. The van der Waals surface area contributed by atoms with E-state index in [9.17, 15) is 4.79 Å². The van der Waals surface area contributed by atoms with Crippen LogP contribution in [0.4, 0.5) is 0 Å². The molecule has 0 aliphatic heterocycles. The van der Waals surface area contributed by atoms with Crippen LogP contribution in [-0.4, -0.2) is 17.6 Å². The Balaban J connectivity index is 2.86. The molecule has 5 nitrogen and oxygen atoms in total. The number of azide groups is 1. The zero-order valence-corrected chi connectivity index (χ0v) is 10.2. The van der Waals surface area contributed by atoms with Crippen LogP contribution in [0.3, 0.4) is 0 Å². The molecule has 6 heteroatoms. The number of carbonyl (C=O) groups is 1. The van der Waals surface area contributed by atoms with Crippen molar-refractivity contribution >= 4 is 17.6 Å². The standard InChI is InChI=1S/C12H10ClN3O2/c13-11-5-4-9(3-1-2-6-15-16-14)10(7-11)8-12(17)18/h4-5,7H,2,6,8H2,(H,17,18). The Morgan fingerprint density at radius 1 is 1.56 bits per heavy atom. The molecule has 0 fully saturated rings. The molecular formula is C12H10ClN3O2. The quantitative estimate of drug-likeness (QED) is 0.298. The van der Waals surface area contributed by atoms with Gasteiger partial charge >= 0.3 is 5.97 Å². The van der Waals surface area contributed by atoms with Crippen molar-refractivity contribution in [3.05, 3.63) is 44.8 Å². The van der Waals surface area contributed by atoms with Gasteiger partial charge < -0.3 is 5.11 Å². The SMILES string of the molecule is [N-]=[N+]=NCCC#Cc1ccc(Cl)cc1CC(=O)O. The summed E-state index contributed by atoms with van der Waals surface area (Å²) >= 11 is 5.81. The van der Waals surface area contributed by atoms with Crippen LogP contribution in [0.2, 0.25) is 5.02 Å². The van der Waals surface area contributed by atoms with Gasteiger partial charge in [-0.05, 0) is 29.3 Å². The van der Waals surface area contributed by atoms with Crippen LogP contribution in [0.5, 0.6) is 0 Å². The van der Waals surface area contributed by atoms with Crippen LogP contribution in [0.15, 0.2) is 23.3 Å². The summed E-state index contributed by atoms with van der Waals surface area (Å²) in [6, 6.07) is 4.93. The van der Waals surface area contributed by atoms with Crippen molar-refractivity contribution in [2.75, 3.05) is 6.54 Å². The highest BCUT2D eigenvalue weighted by Crippen LogP contribution is 2.16. The highest BCUT2D eigenvalue weighted by molar-refractivity contribution is 6.30. The molecule has 18 heavy (non-hydrogen) atoms. The number of rotatable bonds is 4. The van der Waals surface area contributed by atoms with Gasteiger partial charge in [0.25, 0.3) is 0 Å². The van der Waals surface area contributed by atoms with Crippen molar-refractivity contribution < 1.29 is 9.90 Å². The summed E-state index contributed by atoms with van der Waals surface area (Å²) in [5, 5.41) is 12.6. The third-order valence-electron chi connectivity index (χ3n) is 2.03. The molecule has 0 atom stereocenters. The van der Waals surface area contributed by atoms with Crippen LogP contribution >= 0.6 is 11.6 Å². The zero-order valence-electron chi connectivity index (χ0n) is 9.43. The Bertz CT molecular complexity index is 554. The Morgan fingerprint density at radius 3 is 3.00 bits per heavy atom. The summed E-state index contributed by atoms with van der Waals surface area (Å²) in [5.41, 5.74) is 9.29. The van der Waals surface area contributed by atoms with Gasteiger partial charge in [-0.25, -0.2) is 0 Å². The number of carboxylic acid groups (broad SMARTS) is 1. The van der Waals surface area contributed by atoms with Crippen molar-refractivity contribution in [3.8, 4) is 11.8 Å². The van der Waals surface area contributed by atoms with E-state index in [0.29, 0.717) is 29.1 Å². The van der Waals surface area contributed by atoms with Crippen LogP contribution < -0.4 is 0 Å². The maximum absolute atomic E-state index is 10.7. The van der Waals surface area contributed by atoms with Crippen molar-refractivity contribution in [2.24, 2.45) is 5.11 Å². The van der Waals surface area contributed by atoms with E-state index in [-0.39, 0.29) is 6.42 Å². The molecule has 0 spiro atoms. The van der Waals surface area contributed by atoms with Crippen LogP contribution in [0.1, 0.15) is 17.5 Å². The third kappa shape index (κ3) is 4.79. The van der Waals surface area contributed by atoms with E-state index >= 15 is 0 Å². The van der Waals surface area contributed by atoms with E-state index < -0.39 is 5.97 Å². The van der Waals surface area contributed by atoms with E-state index in [4.69, 9.17) is 22.2 Å². The summed E-state index contributed by atoms with van der Waals surface area (Å²) in [6.45, 7) is 0.297. The number of aliphatic carboxylic acids is 1. The molecule has 0 heterocycles. The largest absolute Gasteiger partial charge is 0.481 e. The molecule has 92 valence electrons. The Kier molecular flexibility index (Phi) is 5.59. The number of hydrogen-bond donors (Lipinski definition) is 1. The van der Waals surface area contributed by atoms with Gasteiger partial charge in [0.2, 0.25) is 0 Å². The monoisotopic (exact) mass is 263 g/mol. The molecule has 0 unspecified atom stereocenters. The van der Waals surface area contributed by atoms with Gasteiger partial charge in [-0.2, -0.15) is 0 Å². The minimum atomic E-state index is -0.936. The molecule has 0 saturated carbocycles. The molecule has 1 N–H and O–H groups in total. The van der Waals surface area contributed by atoms with Gasteiger partial charge in [0.15, 0.2) is 0 Å². The van der Waals surface area contributed by atoms with Crippen molar-refractivity contribution in [1.29, 1.82) is 0 Å². The number of nitrogens with zero attached hydrogens (tertiary/aromatic N) is 3. The van der Waals surface area contributed by atoms with Crippen molar-refractivity contribution in [3.63, 3.8) is 0 Å². The first-order valence-electron chi connectivity index (χ1n) is 5.13. The van der Waals surface area contributed by atoms with E-state index in [1.165, 1.54) is 0 Å². The fraction of sp³-hybridized carbons (Fsp3) is 0.250. The molecule has 1 aromatic carbocycles. The van der Waals surface area contributed by atoms with Gasteiger partial charge in [0.05, 0.1) is 6.42 Å². The van der Waals surface area contributed by atoms with E-state index in [1.807, 2.05) is 0 Å². The highest BCUT2D eigenvalue weighted by atomic mass is 35.5. The summed E-state index contributed by atoms with van der Waals surface area (Å²) in [5.74, 6) is 4.73. The average Bonchev–Trinajstić information content (AvgIpc) is 2.30. The van der Waals surface area contributed by atoms with E-state index in [2.05, 4.69) is 21.9 Å². The van der Waals surface area contributed by atoms with E-state index in [1.54, 1.807) is 18.2 Å². The van der Waals surface area contributed by atoms with Crippen LogP contribution in [-0.2, 0) is 11.2 Å². The second-order valence-corrected chi connectivity index (χ2v) is 3.81. The number of hydrogen-bond acceptors (Lipinski definition) is 2. The molecule has 0 aliphatic carbocycles. The van der Waals surface area contributed by atoms with Gasteiger partial charge in [-0.15, -0.1) is 0 Å². The molecule has 0 aliphatic rings. The van der Waals surface area contributed by atoms with Crippen molar-refractivity contribution in [1.82, 2.24) is 0 Å². The summed E-state index contributed by atoms with van der Waals surface area (Å²) in [7, 11) is 0. The van der Waals surface area contributed by atoms with Crippen molar-refractivity contribution in [2.45, 2.75) is 12.8 Å². The lowest BCUT2D eigenvalue weighted by Gasteiger charge is -2.02. The molecule has 1 rings (SSSR count). The lowest BCUT2D eigenvalue weighted by Crippen LogP contribution is -2.02. The Morgan fingerprint density at radius 2 is 2.33 bits per heavy atom. The molecular weight excluding hydrogens is 254 g/mol. The predicted molar refractivity (Wildman–Crippen MR) is 68.3 cm³/mol. The summed E-state index contributed by atoms with van der Waals surface area (Å²) in [6.07, 6.45) is 0.306. The fourth-order valence-corrected chi connectivity index (χ4v) is 1.50.